The Bertz CT molecular complexity index is 1120. The van der Waals surface area contributed by atoms with Crippen molar-refractivity contribution >= 4 is 5.97 Å². The Kier molecular flexibility index (Phi) is 59.4. The van der Waals surface area contributed by atoms with Crippen LogP contribution in [0.15, 0.2) is 0 Å². The molecule has 1 heterocycles. The minimum Gasteiger partial charge on any atom is -0.481 e. The average Bonchev–Trinajstić information content (AvgIpc) is 4.23. The fraction of sp³-hybridized carbons (Fsp3) is 0.986. The quantitative estimate of drug-likeness (QED) is 0.0470. The number of aliphatic hydroxyl groups excluding tert-OH is 1. The van der Waals surface area contributed by atoms with E-state index in [4.69, 9.17) is 4.74 Å². The number of ether oxygens (including phenoxy) is 1. The minimum absolute atomic E-state index is 0.583. The van der Waals surface area contributed by atoms with Gasteiger partial charge in [0, 0.05) is 0 Å². The predicted molar refractivity (Wildman–Crippen MR) is 342 cm³/mol. The zero-order valence-corrected chi connectivity index (χ0v) is 53.4. The normalized spacial score (nSPS) is 15.6. The third-order valence-corrected chi connectivity index (χ3v) is 18.6. The number of aliphatic hydroxyl groups is 1. The van der Waals surface area contributed by atoms with E-state index in [0.717, 1.165) is 31.6 Å². The number of hydrogen-bond acceptors (Lipinski definition) is 3. The molecular formula is C73H144O4. The molecule has 5 atom stereocenters. The van der Waals surface area contributed by atoms with E-state index in [1.165, 1.54) is 372 Å². The summed E-state index contributed by atoms with van der Waals surface area (Å²) in [5, 5.41) is 20.5. The number of carbonyl (C=O) groups is 1. The Morgan fingerprint density at radius 1 is 0.312 bits per heavy atom. The first-order valence-electron chi connectivity index (χ1n) is 36.6. The molecular weight excluding hydrogens is 941 g/mol. The highest BCUT2D eigenvalue weighted by Gasteiger charge is 2.41. The minimum atomic E-state index is -0.800. The van der Waals surface area contributed by atoms with Crippen molar-refractivity contribution in [2.45, 2.75) is 450 Å². The topological polar surface area (TPSA) is 70.1 Å². The SMILES string of the molecule is CCCCCCCCCCCCCCCCCCCCCCC(C(=O)O)C(O)CCCCCCCCCCCCCCCCCCCCCCCCCCCCC1OC1C(C)CCCCCCCCCCCCCCCC. The first-order chi connectivity index (χ1) is 38.0. The van der Waals surface area contributed by atoms with Crippen LogP contribution in [0.2, 0.25) is 0 Å². The zero-order valence-electron chi connectivity index (χ0n) is 53.4. The highest BCUT2D eigenvalue weighted by Crippen LogP contribution is 2.36. The molecule has 0 aromatic carbocycles. The second-order valence-corrected chi connectivity index (χ2v) is 26.3. The lowest BCUT2D eigenvalue weighted by molar-refractivity contribution is -0.146. The van der Waals surface area contributed by atoms with Crippen molar-refractivity contribution in [2.75, 3.05) is 0 Å². The van der Waals surface area contributed by atoms with E-state index < -0.39 is 18.0 Å². The maximum Gasteiger partial charge on any atom is 0.309 e. The molecule has 0 spiro atoms. The lowest BCUT2D eigenvalue weighted by atomic mass is 9.91. The van der Waals surface area contributed by atoms with Crippen LogP contribution < -0.4 is 0 Å². The van der Waals surface area contributed by atoms with Crippen molar-refractivity contribution in [1.29, 1.82) is 0 Å². The maximum atomic E-state index is 11.9. The third kappa shape index (κ3) is 54.4. The van der Waals surface area contributed by atoms with E-state index >= 15 is 0 Å². The van der Waals surface area contributed by atoms with Crippen molar-refractivity contribution < 1.29 is 19.7 Å². The molecule has 0 aromatic heterocycles. The number of epoxide rings is 1. The number of rotatable bonds is 68. The van der Waals surface area contributed by atoms with Gasteiger partial charge in [-0.3, -0.25) is 4.79 Å². The largest absolute Gasteiger partial charge is 0.481 e. The van der Waals surface area contributed by atoms with Gasteiger partial charge in [0.05, 0.1) is 24.2 Å². The van der Waals surface area contributed by atoms with Gasteiger partial charge in [-0.05, 0) is 31.6 Å². The van der Waals surface area contributed by atoms with Gasteiger partial charge in [-0.1, -0.05) is 406 Å². The van der Waals surface area contributed by atoms with Crippen LogP contribution in [0.25, 0.3) is 0 Å². The van der Waals surface area contributed by atoms with Crippen molar-refractivity contribution in [2.24, 2.45) is 11.8 Å². The molecule has 77 heavy (non-hydrogen) atoms. The van der Waals surface area contributed by atoms with Gasteiger partial charge in [-0.15, -0.1) is 0 Å². The molecule has 1 aliphatic heterocycles. The second kappa shape index (κ2) is 61.5. The van der Waals surface area contributed by atoms with E-state index in [1.807, 2.05) is 0 Å². The summed E-state index contributed by atoms with van der Waals surface area (Å²) in [5.74, 6) is -0.614. The Morgan fingerprint density at radius 3 is 0.766 bits per heavy atom. The molecule has 1 fully saturated rings. The summed E-state index contributed by atoms with van der Waals surface area (Å²) in [7, 11) is 0. The van der Waals surface area contributed by atoms with E-state index in [-0.39, 0.29) is 0 Å². The van der Waals surface area contributed by atoms with Crippen LogP contribution in [0.4, 0.5) is 0 Å². The maximum absolute atomic E-state index is 11.9. The molecule has 0 radical (unpaired) electrons. The van der Waals surface area contributed by atoms with Gasteiger partial charge in [-0.25, -0.2) is 0 Å². The molecule has 0 amide bonds. The lowest BCUT2D eigenvalue weighted by Gasteiger charge is -2.19. The number of carboxylic acids is 1. The average molecular weight is 1090 g/mol. The van der Waals surface area contributed by atoms with E-state index in [0.29, 0.717) is 25.0 Å². The van der Waals surface area contributed by atoms with Gasteiger partial charge in [-0.2, -0.15) is 0 Å². The number of aliphatic carboxylic acids is 1. The van der Waals surface area contributed by atoms with Crippen LogP contribution in [0.5, 0.6) is 0 Å². The summed E-state index contributed by atoms with van der Waals surface area (Å²) in [6.07, 6.45) is 87.8. The lowest BCUT2D eigenvalue weighted by Crippen LogP contribution is -2.28. The summed E-state index contributed by atoms with van der Waals surface area (Å²) in [6.45, 7) is 7.05. The van der Waals surface area contributed by atoms with Crippen molar-refractivity contribution in [3.63, 3.8) is 0 Å². The Labute approximate surface area is 485 Å². The van der Waals surface area contributed by atoms with Crippen LogP contribution in [-0.2, 0) is 9.53 Å². The number of hydrogen-bond donors (Lipinski definition) is 2. The Morgan fingerprint density at radius 2 is 0.519 bits per heavy atom. The summed E-state index contributed by atoms with van der Waals surface area (Å²) in [5.41, 5.74) is 0. The van der Waals surface area contributed by atoms with Crippen molar-refractivity contribution in [1.82, 2.24) is 0 Å². The number of unbranched alkanes of at least 4 members (excludes halogenated alkanes) is 57. The Hall–Kier alpha value is -0.610. The molecule has 1 aliphatic rings. The molecule has 0 bridgehead atoms. The van der Waals surface area contributed by atoms with Gasteiger partial charge in [0.2, 0.25) is 0 Å². The first kappa shape index (κ1) is 74.4. The van der Waals surface area contributed by atoms with Gasteiger partial charge in [0.25, 0.3) is 0 Å². The van der Waals surface area contributed by atoms with Crippen LogP contribution in [0.1, 0.15) is 432 Å². The Balaban J connectivity index is 1.73. The first-order valence-corrected chi connectivity index (χ1v) is 36.6. The summed E-state index contributed by atoms with van der Waals surface area (Å²) in [4.78, 5) is 11.9. The number of carboxylic acid groups (broad SMARTS) is 1. The molecule has 0 aliphatic carbocycles. The van der Waals surface area contributed by atoms with Crippen LogP contribution >= 0.6 is 0 Å². The molecule has 5 unspecified atom stereocenters. The highest BCUT2D eigenvalue weighted by atomic mass is 16.6. The summed E-state index contributed by atoms with van der Waals surface area (Å²) >= 11 is 0. The van der Waals surface area contributed by atoms with Gasteiger partial charge in [0.1, 0.15) is 0 Å². The monoisotopic (exact) mass is 1090 g/mol. The summed E-state index contributed by atoms with van der Waals surface area (Å²) in [6, 6.07) is 0. The molecule has 2 N–H and O–H groups in total. The predicted octanol–water partition coefficient (Wildman–Crippen LogP) is 25.5. The van der Waals surface area contributed by atoms with Crippen LogP contribution in [0.3, 0.4) is 0 Å². The zero-order chi connectivity index (χ0) is 55.4. The van der Waals surface area contributed by atoms with Gasteiger partial charge >= 0.3 is 5.97 Å². The second-order valence-electron chi connectivity index (χ2n) is 26.3. The molecule has 4 nitrogen and oxygen atoms in total. The molecule has 460 valence electrons. The summed E-state index contributed by atoms with van der Waals surface area (Å²) < 4.78 is 6.13. The molecule has 4 heteroatoms. The highest BCUT2D eigenvalue weighted by molar-refractivity contribution is 5.70. The van der Waals surface area contributed by atoms with E-state index in [9.17, 15) is 15.0 Å². The van der Waals surface area contributed by atoms with E-state index in [1.54, 1.807) is 0 Å². The van der Waals surface area contributed by atoms with Gasteiger partial charge in [0.15, 0.2) is 0 Å². The van der Waals surface area contributed by atoms with Gasteiger partial charge < -0.3 is 14.9 Å². The van der Waals surface area contributed by atoms with Crippen molar-refractivity contribution in [3.8, 4) is 0 Å². The van der Waals surface area contributed by atoms with Crippen molar-refractivity contribution in [3.05, 3.63) is 0 Å². The van der Waals surface area contributed by atoms with E-state index in [2.05, 4.69) is 20.8 Å². The van der Waals surface area contributed by atoms with Crippen LogP contribution in [-0.4, -0.2) is 34.5 Å². The smallest absolute Gasteiger partial charge is 0.309 e. The fourth-order valence-corrected chi connectivity index (χ4v) is 13.0. The standard InChI is InChI=1S/C73H144O4/c1-4-6-8-10-12-14-16-18-20-21-22-31-34-37-41-45-49-53-57-61-65-69(73(75)76)70(74)66-62-58-54-50-46-42-38-35-32-29-27-25-23-24-26-28-30-33-36-39-43-47-51-55-59-63-67-71-72(77-71)68(3)64-60-56-52-48-44-40-19-17-15-13-11-9-7-5-2/h68-72,74H,4-67H2,1-3H3,(H,75,76). The third-order valence-electron chi connectivity index (χ3n) is 18.6. The molecule has 1 saturated heterocycles. The molecule has 0 aromatic rings. The molecule has 1 rings (SSSR count). The van der Waals surface area contributed by atoms with Crippen LogP contribution in [0, 0.1) is 11.8 Å². The molecule has 0 saturated carbocycles. The fourth-order valence-electron chi connectivity index (χ4n) is 13.0.